The maximum Gasteiger partial charge on any atom is 0.411 e. The van der Waals surface area contributed by atoms with Crippen LogP contribution < -0.4 is 5.73 Å². The van der Waals surface area contributed by atoms with Crippen molar-refractivity contribution in [3.05, 3.63) is 34.6 Å². The van der Waals surface area contributed by atoms with Gasteiger partial charge in [-0.25, -0.2) is 4.39 Å². The van der Waals surface area contributed by atoms with Crippen LogP contribution in [0.15, 0.2) is 18.2 Å². The second-order valence-corrected chi connectivity index (χ2v) is 5.39. The number of hydrogen-bond acceptors (Lipinski definition) is 2. The average Bonchev–Trinajstić information content (AvgIpc) is 2.29. The Hall–Kier alpha value is -0.850. The molecule has 0 heterocycles. The molecule has 0 spiro atoms. The van der Waals surface area contributed by atoms with Crippen LogP contribution in [0.3, 0.4) is 0 Å². The maximum atomic E-state index is 13.0. The number of hydrogen-bond donors (Lipinski definition) is 1. The highest BCUT2D eigenvalue weighted by molar-refractivity contribution is 6.30. The smallest absolute Gasteiger partial charge is 0.369 e. The zero-order chi connectivity index (χ0) is 14.9. The molecule has 1 saturated carbocycles. The number of nitrogens with two attached hydrogens (primary N) is 1. The van der Waals surface area contributed by atoms with Gasteiger partial charge in [0.1, 0.15) is 12.4 Å². The van der Waals surface area contributed by atoms with Crippen LogP contribution >= 0.6 is 11.6 Å². The van der Waals surface area contributed by atoms with E-state index in [1.165, 1.54) is 18.2 Å². The van der Waals surface area contributed by atoms with Gasteiger partial charge in [0.2, 0.25) is 0 Å². The van der Waals surface area contributed by atoms with Crippen LogP contribution in [0.1, 0.15) is 24.4 Å². The molecular weight excluding hydrogens is 298 g/mol. The highest BCUT2D eigenvalue weighted by atomic mass is 35.5. The standard InChI is InChI=1S/C13H14ClF4NO/c14-10-5-7(1-2-11(10)15)12(19)8-3-9(4-8)20-6-13(16,17)18/h1-2,5,8-9,12H,3-4,6,19H2. The molecule has 0 saturated heterocycles. The molecule has 1 atom stereocenters. The zero-order valence-electron chi connectivity index (χ0n) is 10.5. The van der Waals surface area contributed by atoms with Gasteiger partial charge in [0, 0.05) is 6.04 Å². The summed E-state index contributed by atoms with van der Waals surface area (Å²) in [7, 11) is 0. The van der Waals surface area contributed by atoms with Crippen molar-refractivity contribution in [3.8, 4) is 0 Å². The summed E-state index contributed by atoms with van der Waals surface area (Å²) in [4.78, 5) is 0. The van der Waals surface area contributed by atoms with Gasteiger partial charge >= 0.3 is 6.18 Å². The van der Waals surface area contributed by atoms with Gasteiger partial charge < -0.3 is 10.5 Å². The highest BCUT2D eigenvalue weighted by Gasteiger charge is 2.37. The maximum absolute atomic E-state index is 13.0. The van der Waals surface area contributed by atoms with Gasteiger partial charge in [0.15, 0.2) is 0 Å². The topological polar surface area (TPSA) is 35.2 Å². The minimum absolute atomic E-state index is 0.0119. The van der Waals surface area contributed by atoms with Gasteiger partial charge in [-0.3, -0.25) is 0 Å². The third-order valence-electron chi connectivity index (χ3n) is 3.45. The molecule has 0 amide bonds. The SMILES string of the molecule is NC(c1ccc(F)c(Cl)c1)C1CC(OCC(F)(F)F)C1. The lowest BCUT2D eigenvalue weighted by Gasteiger charge is -2.39. The Morgan fingerprint density at radius 1 is 1.35 bits per heavy atom. The lowest BCUT2D eigenvalue weighted by molar-refractivity contribution is -0.197. The van der Waals surface area contributed by atoms with E-state index in [0.717, 1.165) is 0 Å². The Morgan fingerprint density at radius 3 is 2.55 bits per heavy atom. The fourth-order valence-corrected chi connectivity index (χ4v) is 2.43. The van der Waals surface area contributed by atoms with Crippen LogP contribution in [0.2, 0.25) is 5.02 Å². The summed E-state index contributed by atoms with van der Waals surface area (Å²) in [6, 6.07) is 3.84. The van der Waals surface area contributed by atoms with Crippen LogP contribution in [-0.4, -0.2) is 18.9 Å². The third kappa shape index (κ3) is 3.84. The number of benzene rings is 1. The van der Waals surface area contributed by atoms with Gasteiger partial charge in [0.05, 0.1) is 11.1 Å². The Labute approximate surface area is 118 Å². The van der Waals surface area contributed by atoms with Gasteiger partial charge in [-0.1, -0.05) is 17.7 Å². The summed E-state index contributed by atoms with van der Waals surface area (Å²) in [5.74, 6) is -0.502. The first-order chi connectivity index (χ1) is 9.26. The largest absolute Gasteiger partial charge is 0.411 e. The summed E-state index contributed by atoms with van der Waals surface area (Å²) < 4.78 is 53.7. The molecule has 2 rings (SSSR count). The first-order valence-corrected chi connectivity index (χ1v) is 6.53. The molecule has 2 N–H and O–H groups in total. The molecule has 1 unspecified atom stereocenters. The molecule has 0 bridgehead atoms. The first-order valence-electron chi connectivity index (χ1n) is 6.15. The van der Waals surface area contributed by atoms with Crippen molar-refractivity contribution in [2.75, 3.05) is 6.61 Å². The summed E-state index contributed by atoms with van der Waals surface area (Å²) in [6.07, 6.45) is -3.79. The normalized spacial score (nSPS) is 24.3. The van der Waals surface area contributed by atoms with E-state index < -0.39 is 24.7 Å². The second kappa shape index (κ2) is 5.87. The summed E-state index contributed by atoms with van der Waals surface area (Å²) in [6.45, 7) is -1.23. The molecule has 1 fully saturated rings. The molecule has 2 nitrogen and oxygen atoms in total. The van der Waals surface area contributed by atoms with Crippen LogP contribution in [0.4, 0.5) is 17.6 Å². The van der Waals surface area contributed by atoms with Crippen LogP contribution in [0, 0.1) is 11.7 Å². The molecule has 0 aliphatic heterocycles. The van der Waals surface area contributed by atoms with Crippen molar-refractivity contribution in [2.45, 2.75) is 31.2 Å². The van der Waals surface area contributed by atoms with E-state index in [-0.39, 0.29) is 17.0 Å². The van der Waals surface area contributed by atoms with Gasteiger partial charge in [-0.2, -0.15) is 13.2 Å². The molecule has 0 aromatic heterocycles. The Morgan fingerprint density at radius 2 is 2.00 bits per heavy atom. The van der Waals surface area contributed by atoms with Crippen molar-refractivity contribution in [1.29, 1.82) is 0 Å². The van der Waals surface area contributed by atoms with Crippen molar-refractivity contribution in [3.63, 3.8) is 0 Å². The Kier molecular flexibility index (Phi) is 4.56. The van der Waals surface area contributed by atoms with Crippen molar-refractivity contribution in [1.82, 2.24) is 0 Å². The van der Waals surface area contributed by atoms with Crippen molar-refractivity contribution in [2.24, 2.45) is 11.7 Å². The number of rotatable bonds is 4. The lowest BCUT2D eigenvalue weighted by atomic mass is 9.75. The molecule has 7 heteroatoms. The molecular formula is C13H14ClF4NO. The summed E-state index contributed by atoms with van der Waals surface area (Å²) in [5, 5.41) is -0.0119. The molecule has 1 aliphatic carbocycles. The van der Waals surface area contributed by atoms with E-state index in [9.17, 15) is 17.6 Å². The van der Waals surface area contributed by atoms with E-state index in [2.05, 4.69) is 0 Å². The molecule has 1 aromatic carbocycles. The van der Waals surface area contributed by atoms with Crippen LogP contribution in [-0.2, 0) is 4.74 Å². The van der Waals surface area contributed by atoms with Crippen LogP contribution in [0.25, 0.3) is 0 Å². The van der Waals surface area contributed by atoms with E-state index in [1.54, 1.807) is 0 Å². The fraction of sp³-hybridized carbons (Fsp3) is 0.538. The van der Waals surface area contributed by atoms with Gasteiger partial charge in [0.25, 0.3) is 0 Å². The zero-order valence-corrected chi connectivity index (χ0v) is 11.2. The summed E-state index contributed by atoms with van der Waals surface area (Å²) >= 11 is 5.67. The second-order valence-electron chi connectivity index (χ2n) is 4.98. The van der Waals surface area contributed by atoms with Crippen molar-refractivity contribution >= 4 is 11.6 Å². The van der Waals surface area contributed by atoms with Gasteiger partial charge in [-0.05, 0) is 36.5 Å². The highest BCUT2D eigenvalue weighted by Crippen LogP contribution is 2.39. The predicted molar refractivity (Wildman–Crippen MR) is 66.9 cm³/mol. The van der Waals surface area contributed by atoms with Crippen LogP contribution in [0.5, 0.6) is 0 Å². The monoisotopic (exact) mass is 311 g/mol. The minimum atomic E-state index is -4.31. The predicted octanol–water partition coefficient (Wildman–Crippen LogP) is 3.84. The lowest BCUT2D eigenvalue weighted by Crippen LogP contribution is -2.39. The quantitative estimate of drug-likeness (QED) is 0.858. The van der Waals surface area contributed by atoms with E-state index in [0.29, 0.717) is 18.4 Å². The molecule has 112 valence electrons. The van der Waals surface area contributed by atoms with E-state index >= 15 is 0 Å². The number of ether oxygens (including phenoxy) is 1. The van der Waals surface area contributed by atoms with E-state index in [4.69, 9.17) is 22.1 Å². The minimum Gasteiger partial charge on any atom is -0.369 e. The first kappa shape index (κ1) is 15.5. The summed E-state index contributed by atoms with van der Waals surface area (Å²) in [5.41, 5.74) is 6.68. The Balaban J connectivity index is 1.84. The number of alkyl halides is 3. The van der Waals surface area contributed by atoms with E-state index in [1.807, 2.05) is 0 Å². The molecule has 20 heavy (non-hydrogen) atoms. The fourth-order valence-electron chi connectivity index (χ4n) is 2.24. The molecule has 1 aliphatic rings. The van der Waals surface area contributed by atoms with Crippen molar-refractivity contribution < 1.29 is 22.3 Å². The molecule has 1 aromatic rings. The molecule has 0 radical (unpaired) electrons. The number of halogens is 5. The third-order valence-corrected chi connectivity index (χ3v) is 3.74. The Bertz CT molecular complexity index is 474. The van der Waals surface area contributed by atoms with Gasteiger partial charge in [-0.15, -0.1) is 0 Å². The average molecular weight is 312 g/mol.